The van der Waals surface area contributed by atoms with Crippen LogP contribution in [0.5, 0.6) is 0 Å². The van der Waals surface area contributed by atoms with Gasteiger partial charge in [0.15, 0.2) is 0 Å². The number of para-hydroxylation sites is 1. The summed E-state index contributed by atoms with van der Waals surface area (Å²) in [6.07, 6.45) is 2.30. The van der Waals surface area contributed by atoms with E-state index in [1.54, 1.807) is 36.4 Å². The van der Waals surface area contributed by atoms with Gasteiger partial charge in [0.05, 0.1) is 27.5 Å². The molecule has 0 aromatic heterocycles. The van der Waals surface area contributed by atoms with Crippen LogP contribution >= 0.6 is 0 Å². The molecule has 2 aromatic rings. The predicted octanol–water partition coefficient (Wildman–Crippen LogP) is 2.45. The molecule has 1 aliphatic heterocycles. The van der Waals surface area contributed by atoms with Gasteiger partial charge in [-0.1, -0.05) is 29.8 Å². The first kappa shape index (κ1) is 21.6. The van der Waals surface area contributed by atoms with Crippen LogP contribution in [0.4, 0.5) is 5.69 Å². The molecule has 1 aliphatic rings. The highest BCUT2D eigenvalue weighted by molar-refractivity contribution is 7.89. The van der Waals surface area contributed by atoms with Gasteiger partial charge >= 0.3 is 0 Å². The first-order valence-corrected chi connectivity index (χ1v) is 10.9. The smallest absolute Gasteiger partial charge is 0.273 e. The number of nitrogens with one attached hydrogen (secondary N) is 1. The number of hydrogen-bond acceptors (Lipinski definition) is 6. The van der Waals surface area contributed by atoms with Crippen LogP contribution in [0, 0.1) is 23.0 Å². The Kier molecular flexibility index (Phi) is 6.58. The third kappa shape index (κ3) is 4.89. The van der Waals surface area contributed by atoms with Crippen molar-refractivity contribution in [2.75, 3.05) is 13.1 Å². The van der Waals surface area contributed by atoms with Gasteiger partial charge in [0.1, 0.15) is 0 Å². The van der Waals surface area contributed by atoms with Gasteiger partial charge in [0.2, 0.25) is 15.9 Å². The third-order valence-electron chi connectivity index (χ3n) is 4.93. The van der Waals surface area contributed by atoms with Crippen LogP contribution < -0.4 is 5.43 Å². The molecular formula is C20H22N4O5S. The van der Waals surface area contributed by atoms with E-state index in [1.807, 2.05) is 6.92 Å². The molecule has 158 valence electrons. The fourth-order valence-corrected chi connectivity index (χ4v) is 4.78. The summed E-state index contributed by atoms with van der Waals surface area (Å²) < 4.78 is 27.1. The lowest BCUT2D eigenvalue weighted by Crippen LogP contribution is -2.44. The van der Waals surface area contributed by atoms with Crippen LogP contribution in [-0.4, -0.2) is 42.9 Å². The average Bonchev–Trinajstić information content (AvgIpc) is 2.74. The van der Waals surface area contributed by atoms with Crippen molar-refractivity contribution in [2.45, 2.75) is 24.7 Å². The lowest BCUT2D eigenvalue weighted by molar-refractivity contribution is -0.385. The van der Waals surface area contributed by atoms with Gasteiger partial charge < -0.3 is 0 Å². The number of amides is 1. The van der Waals surface area contributed by atoms with Crippen molar-refractivity contribution in [3.8, 4) is 0 Å². The summed E-state index contributed by atoms with van der Waals surface area (Å²) in [7, 11) is -3.68. The Hall–Kier alpha value is -3.11. The van der Waals surface area contributed by atoms with Crippen LogP contribution in [0.3, 0.4) is 0 Å². The van der Waals surface area contributed by atoms with E-state index < -0.39 is 26.8 Å². The number of sulfonamides is 1. The molecule has 0 spiro atoms. The van der Waals surface area contributed by atoms with Crippen molar-refractivity contribution in [1.82, 2.24) is 9.73 Å². The quantitative estimate of drug-likeness (QED) is 0.428. The van der Waals surface area contributed by atoms with Crippen LogP contribution in [-0.2, 0) is 14.8 Å². The second-order valence-electron chi connectivity index (χ2n) is 7.07. The van der Waals surface area contributed by atoms with Crippen molar-refractivity contribution < 1.29 is 18.1 Å². The van der Waals surface area contributed by atoms with Crippen molar-refractivity contribution in [3.63, 3.8) is 0 Å². The van der Waals surface area contributed by atoms with Crippen LogP contribution in [0.1, 0.15) is 24.0 Å². The second kappa shape index (κ2) is 9.14. The largest absolute Gasteiger partial charge is 0.278 e. The lowest BCUT2D eigenvalue weighted by Gasteiger charge is -2.30. The maximum absolute atomic E-state index is 12.9. The first-order chi connectivity index (χ1) is 14.3. The Morgan fingerprint density at radius 1 is 1.23 bits per heavy atom. The molecule has 1 atom stereocenters. The predicted molar refractivity (Wildman–Crippen MR) is 111 cm³/mol. The summed E-state index contributed by atoms with van der Waals surface area (Å²) in [5.74, 6) is -0.976. The number of aryl methyl sites for hydroxylation is 1. The molecule has 2 aromatic carbocycles. The molecule has 1 N–H and O–H groups in total. The molecule has 1 amide bonds. The van der Waals surface area contributed by atoms with E-state index in [9.17, 15) is 23.3 Å². The standard InChI is InChI=1S/C20H22N4O5S/c1-15-8-10-18(11-9-15)30(28,29)23-12-4-6-17(14-23)20(25)22-21-13-16-5-2-3-7-19(16)24(26)27/h2-3,5,7-11,13,17H,4,6,12,14H2,1H3,(H,22,25)/b21-13-/t17-/m1/s1. The first-order valence-electron chi connectivity index (χ1n) is 9.42. The molecule has 0 radical (unpaired) electrons. The van der Waals surface area contributed by atoms with Gasteiger partial charge in [0.25, 0.3) is 5.69 Å². The Morgan fingerprint density at radius 3 is 2.63 bits per heavy atom. The number of piperidine rings is 1. The third-order valence-corrected chi connectivity index (χ3v) is 6.80. The minimum atomic E-state index is -3.68. The molecule has 0 unspecified atom stereocenters. The summed E-state index contributed by atoms with van der Waals surface area (Å²) in [6.45, 7) is 2.28. The molecule has 3 rings (SSSR count). The number of hydrazone groups is 1. The molecule has 1 saturated heterocycles. The SMILES string of the molecule is Cc1ccc(S(=O)(=O)N2CCC[C@@H](C(=O)N/N=C\c3ccccc3[N+](=O)[O-])C2)cc1. The molecule has 0 aliphatic carbocycles. The van der Waals surface area contributed by atoms with Crippen LogP contribution in [0.2, 0.25) is 0 Å². The Balaban J connectivity index is 1.66. The average molecular weight is 430 g/mol. The monoisotopic (exact) mass is 430 g/mol. The van der Waals surface area contributed by atoms with E-state index in [0.29, 0.717) is 19.4 Å². The summed E-state index contributed by atoms with van der Waals surface area (Å²) in [4.78, 5) is 23.2. The molecule has 1 fully saturated rings. The summed E-state index contributed by atoms with van der Waals surface area (Å²) >= 11 is 0. The molecule has 9 nitrogen and oxygen atoms in total. The van der Waals surface area contributed by atoms with Gasteiger partial charge in [0, 0.05) is 19.2 Å². The zero-order valence-corrected chi connectivity index (χ0v) is 17.2. The molecule has 1 heterocycles. The van der Waals surface area contributed by atoms with Crippen LogP contribution in [0.15, 0.2) is 58.5 Å². The Bertz CT molecular complexity index is 1070. The van der Waals surface area contributed by atoms with Gasteiger partial charge in [-0.2, -0.15) is 9.41 Å². The summed E-state index contributed by atoms with van der Waals surface area (Å²) in [5, 5.41) is 14.8. The fraction of sp³-hybridized carbons (Fsp3) is 0.300. The molecule has 0 saturated carbocycles. The zero-order chi connectivity index (χ0) is 21.7. The Morgan fingerprint density at radius 2 is 1.93 bits per heavy atom. The van der Waals surface area contributed by atoms with Gasteiger partial charge in [-0.25, -0.2) is 13.8 Å². The highest BCUT2D eigenvalue weighted by atomic mass is 32.2. The van der Waals surface area contributed by atoms with E-state index in [4.69, 9.17) is 0 Å². The minimum Gasteiger partial charge on any atom is -0.273 e. The number of nitrogens with zero attached hydrogens (tertiary/aromatic N) is 3. The number of carbonyl (C=O) groups is 1. The number of nitro groups is 1. The van der Waals surface area contributed by atoms with Crippen molar-refractivity contribution in [3.05, 3.63) is 69.8 Å². The topological polar surface area (TPSA) is 122 Å². The van der Waals surface area contributed by atoms with E-state index >= 15 is 0 Å². The van der Waals surface area contributed by atoms with E-state index in [-0.39, 0.29) is 22.7 Å². The summed E-state index contributed by atoms with van der Waals surface area (Å²) in [6, 6.07) is 12.6. The second-order valence-corrected chi connectivity index (χ2v) is 9.00. The van der Waals surface area contributed by atoms with E-state index in [1.165, 1.54) is 22.7 Å². The van der Waals surface area contributed by atoms with Crippen molar-refractivity contribution in [2.24, 2.45) is 11.0 Å². The normalized spacial score (nSPS) is 17.7. The van der Waals surface area contributed by atoms with Crippen molar-refractivity contribution in [1.29, 1.82) is 0 Å². The molecule has 30 heavy (non-hydrogen) atoms. The maximum Gasteiger partial charge on any atom is 0.278 e. The zero-order valence-electron chi connectivity index (χ0n) is 16.4. The molecular weight excluding hydrogens is 408 g/mol. The highest BCUT2D eigenvalue weighted by Gasteiger charge is 2.33. The van der Waals surface area contributed by atoms with Gasteiger partial charge in [-0.05, 0) is 38.0 Å². The summed E-state index contributed by atoms with van der Waals surface area (Å²) in [5.41, 5.74) is 3.47. The maximum atomic E-state index is 12.9. The highest BCUT2D eigenvalue weighted by Crippen LogP contribution is 2.24. The number of hydrogen-bond donors (Lipinski definition) is 1. The molecule has 0 bridgehead atoms. The molecule has 10 heteroatoms. The van der Waals surface area contributed by atoms with Crippen LogP contribution in [0.25, 0.3) is 0 Å². The van der Waals surface area contributed by atoms with E-state index in [0.717, 1.165) is 5.56 Å². The lowest BCUT2D eigenvalue weighted by atomic mass is 9.99. The minimum absolute atomic E-state index is 0.0586. The van der Waals surface area contributed by atoms with Crippen molar-refractivity contribution >= 4 is 27.8 Å². The number of nitro benzene ring substituents is 1. The number of carbonyl (C=O) groups excluding carboxylic acids is 1. The number of rotatable bonds is 6. The fourth-order valence-electron chi connectivity index (χ4n) is 3.25. The number of benzene rings is 2. The van der Waals surface area contributed by atoms with Gasteiger partial charge in [-0.3, -0.25) is 14.9 Å². The van der Waals surface area contributed by atoms with Gasteiger partial charge in [-0.15, -0.1) is 0 Å². The van der Waals surface area contributed by atoms with E-state index in [2.05, 4.69) is 10.5 Å². The Labute approximate surface area is 174 Å².